The van der Waals surface area contributed by atoms with Crippen LogP contribution in [0.1, 0.15) is 29.7 Å². The van der Waals surface area contributed by atoms with Crippen LogP contribution in [0.3, 0.4) is 0 Å². The second kappa shape index (κ2) is 8.82. The number of hydrogen-bond acceptors (Lipinski definition) is 3. The van der Waals surface area contributed by atoms with Crippen molar-refractivity contribution in [2.75, 3.05) is 31.2 Å². The molecule has 1 saturated heterocycles. The molecule has 4 nitrogen and oxygen atoms in total. The van der Waals surface area contributed by atoms with Crippen LogP contribution in [0.4, 0.5) is 10.1 Å². The Hall–Kier alpha value is -2.66. The SMILES string of the molecule is Cc1ccccc1/C=C/C(=O)NC(C)c1ccc(F)c(N2CCOCC2)c1. The highest BCUT2D eigenvalue weighted by molar-refractivity contribution is 5.92. The number of carbonyl (C=O) groups is 1. The van der Waals surface area contributed by atoms with Gasteiger partial charge in [-0.05, 0) is 48.7 Å². The fourth-order valence-corrected chi connectivity index (χ4v) is 3.13. The van der Waals surface area contributed by atoms with E-state index in [1.54, 1.807) is 12.1 Å². The zero-order valence-corrected chi connectivity index (χ0v) is 15.7. The number of benzene rings is 2. The molecule has 1 N–H and O–H groups in total. The maximum Gasteiger partial charge on any atom is 0.244 e. The zero-order valence-electron chi connectivity index (χ0n) is 15.7. The van der Waals surface area contributed by atoms with Crippen LogP contribution in [0.5, 0.6) is 0 Å². The lowest BCUT2D eigenvalue weighted by Crippen LogP contribution is -2.37. The van der Waals surface area contributed by atoms with Gasteiger partial charge in [0.15, 0.2) is 0 Å². The van der Waals surface area contributed by atoms with Crippen LogP contribution in [0, 0.1) is 12.7 Å². The molecule has 1 amide bonds. The van der Waals surface area contributed by atoms with Crippen molar-refractivity contribution in [2.24, 2.45) is 0 Å². The Morgan fingerprint density at radius 1 is 1.22 bits per heavy atom. The van der Waals surface area contributed by atoms with Gasteiger partial charge < -0.3 is 15.0 Å². The number of nitrogens with one attached hydrogen (secondary N) is 1. The smallest absolute Gasteiger partial charge is 0.244 e. The van der Waals surface area contributed by atoms with Crippen LogP contribution in [0.2, 0.25) is 0 Å². The first kappa shape index (κ1) is 19.1. The lowest BCUT2D eigenvalue weighted by Gasteiger charge is -2.29. The van der Waals surface area contributed by atoms with Crippen LogP contribution in [-0.4, -0.2) is 32.2 Å². The maximum atomic E-state index is 14.2. The second-order valence-corrected chi connectivity index (χ2v) is 6.73. The van der Waals surface area contributed by atoms with Gasteiger partial charge in [-0.2, -0.15) is 0 Å². The highest BCUT2D eigenvalue weighted by atomic mass is 19.1. The Labute approximate surface area is 159 Å². The van der Waals surface area contributed by atoms with Gasteiger partial charge in [-0.15, -0.1) is 0 Å². The zero-order chi connectivity index (χ0) is 19.2. The largest absolute Gasteiger partial charge is 0.378 e. The molecule has 142 valence electrons. The first-order valence-electron chi connectivity index (χ1n) is 9.21. The molecule has 1 atom stereocenters. The molecule has 2 aromatic carbocycles. The quantitative estimate of drug-likeness (QED) is 0.815. The first-order chi connectivity index (χ1) is 13.0. The van der Waals surface area contributed by atoms with E-state index < -0.39 is 0 Å². The van der Waals surface area contributed by atoms with E-state index in [0.717, 1.165) is 16.7 Å². The van der Waals surface area contributed by atoms with Crippen molar-refractivity contribution in [2.45, 2.75) is 19.9 Å². The van der Waals surface area contributed by atoms with Crippen LogP contribution >= 0.6 is 0 Å². The minimum atomic E-state index is -0.251. The lowest BCUT2D eigenvalue weighted by atomic mass is 10.1. The van der Waals surface area contributed by atoms with Crippen LogP contribution < -0.4 is 10.2 Å². The van der Waals surface area contributed by atoms with Gasteiger partial charge in [0, 0.05) is 19.2 Å². The minimum Gasteiger partial charge on any atom is -0.378 e. The first-order valence-corrected chi connectivity index (χ1v) is 9.21. The number of morpholine rings is 1. The average Bonchev–Trinajstić information content (AvgIpc) is 2.68. The highest BCUT2D eigenvalue weighted by Gasteiger charge is 2.17. The van der Waals surface area contributed by atoms with E-state index in [2.05, 4.69) is 5.32 Å². The summed E-state index contributed by atoms with van der Waals surface area (Å²) < 4.78 is 19.6. The van der Waals surface area contributed by atoms with E-state index in [4.69, 9.17) is 4.74 Å². The topological polar surface area (TPSA) is 41.6 Å². The summed E-state index contributed by atoms with van der Waals surface area (Å²) in [5.74, 6) is -0.429. The number of amides is 1. The number of ether oxygens (including phenoxy) is 1. The molecule has 1 aliphatic rings. The summed E-state index contributed by atoms with van der Waals surface area (Å²) in [6.07, 6.45) is 3.34. The number of halogens is 1. The standard InChI is InChI=1S/C22H25FN2O2/c1-16-5-3-4-6-18(16)8-10-22(26)24-17(2)19-7-9-20(23)21(15-19)25-11-13-27-14-12-25/h3-10,15,17H,11-14H2,1-2H3,(H,24,26)/b10-8+. The Kier molecular flexibility index (Phi) is 6.24. The second-order valence-electron chi connectivity index (χ2n) is 6.73. The molecule has 1 heterocycles. The molecule has 0 radical (unpaired) electrons. The predicted octanol–water partition coefficient (Wildman–Crippen LogP) is 3.86. The summed E-state index contributed by atoms with van der Waals surface area (Å²) in [6.45, 7) is 6.43. The monoisotopic (exact) mass is 368 g/mol. The third-order valence-corrected chi connectivity index (χ3v) is 4.78. The van der Waals surface area contributed by atoms with E-state index in [9.17, 15) is 9.18 Å². The van der Waals surface area contributed by atoms with E-state index in [1.807, 2.05) is 49.1 Å². The summed E-state index contributed by atoms with van der Waals surface area (Å²) in [4.78, 5) is 14.2. The molecule has 2 aromatic rings. The maximum absolute atomic E-state index is 14.2. The Bertz CT molecular complexity index is 829. The van der Waals surface area contributed by atoms with Crippen LogP contribution in [-0.2, 0) is 9.53 Å². The highest BCUT2D eigenvalue weighted by Crippen LogP contribution is 2.25. The molecule has 0 aromatic heterocycles. The number of nitrogens with zero attached hydrogens (tertiary/aromatic N) is 1. The summed E-state index contributed by atoms with van der Waals surface area (Å²) in [6, 6.07) is 12.7. The van der Waals surface area contributed by atoms with E-state index in [1.165, 1.54) is 12.1 Å². The Balaban J connectivity index is 1.67. The molecule has 0 bridgehead atoms. The lowest BCUT2D eigenvalue weighted by molar-refractivity contribution is -0.117. The molecular formula is C22H25FN2O2. The van der Waals surface area contributed by atoms with E-state index in [-0.39, 0.29) is 17.8 Å². The third-order valence-electron chi connectivity index (χ3n) is 4.78. The summed E-state index contributed by atoms with van der Waals surface area (Å²) in [7, 11) is 0. The van der Waals surface area contributed by atoms with Gasteiger partial charge in [-0.1, -0.05) is 30.3 Å². The van der Waals surface area contributed by atoms with Crippen molar-refractivity contribution >= 4 is 17.7 Å². The van der Waals surface area contributed by atoms with Crippen molar-refractivity contribution in [3.8, 4) is 0 Å². The summed E-state index contributed by atoms with van der Waals surface area (Å²) in [5, 5.41) is 2.94. The molecular weight excluding hydrogens is 343 g/mol. The fourth-order valence-electron chi connectivity index (χ4n) is 3.13. The van der Waals surface area contributed by atoms with Gasteiger partial charge in [0.1, 0.15) is 5.82 Å². The average molecular weight is 368 g/mol. The Morgan fingerprint density at radius 3 is 2.70 bits per heavy atom. The van der Waals surface area contributed by atoms with Gasteiger partial charge in [-0.3, -0.25) is 4.79 Å². The number of hydrogen-bond donors (Lipinski definition) is 1. The molecule has 0 aliphatic carbocycles. The molecule has 1 aliphatic heterocycles. The van der Waals surface area contributed by atoms with Gasteiger partial charge in [0.25, 0.3) is 0 Å². The van der Waals surface area contributed by atoms with Gasteiger partial charge in [0.2, 0.25) is 5.91 Å². The molecule has 1 unspecified atom stereocenters. The fraction of sp³-hybridized carbons (Fsp3) is 0.318. The summed E-state index contributed by atoms with van der Waals surface area (Å²) >= 11 is 0. The van der Waals surface area contributed by atoms with Crippen molar-refractivity contribution in [3.05, 3.63) is 71.0 Å². The number of carbonyl (C=O) groups excluding carboxylic acids is 1. The van der Waals surface area contributed by atoms with Crippen molar-refractivity contribution < 1.29 is 13.9 Å². The molecule has 3 rings (SSSR count). The van der Waals surface area contributed by atoms with Gasteiger partial charge in [-0.25, -0.2) is 4.39 Å². The van der Waals surface area contributed by atoms with E-state index in [0.29, 0.717) is 32.0 Å². The van der Waals surface area contributed by atoms with Gasteiger partial charge in [0.05, 0.1) is 24.9 Å². The molecule has 0 spiro atoms. The van der Waals surface area contributed by atoms with E-state index >= 15 is 0 Å². The molecule has 0 saturated carbocycles. The van der Waals surface area contributed by atoms with Crippen molar-refractivity contribution in [3.63, 3.8) is 0 Å². The van der Waals surface area contributed by atoms with Gasteiger partial charge >= 0.3 is 0 Å². The molecule has 27 heavy (non-hydrogen) atoms. The van der Waals surface area contributed by atoms with Crippen LogP contribution in [0.25, 0.3) is 6.08 Å². The minimum absolute atomic E-state index is 0.178. The summed E-state index contributed by atoms with van der Waals surface area (Å²) in [5.41, 5.74) is 3.56. The molecule has 5 heteroatoms. The normalized spacial score (nSPS) is 15.7. The number of aryl methyl sites for hydroxylation is 1. The van der Waals surface area contributed by atoms with Crippen molar-refractivity contribution in [1.29, 1.82) is 0 Å². The third kappa shape index (κ3) is 4.95. The number of rotatable bonds is 5. The van der Waals surface area contributed by atoms with Crippen LogP contribution in [0.15, 0.2) is 48.5 Å². The van der Waals surface area contributed by atoms with Crippen molar-refractivity contribution in [1.82, 2.24) is 5.32 Å². The Morgan fingerprint density at radius 2 is 1.96 bits per heavy atom. The molecule has 1 fully saturated rings. The number of anilines is 1. The predicted molar refractivity (Wildman–Crippen MR) is 106 cm³/mol.